The summed E-state index contributed by atoms with van der Waals surface area (Å²) in [7, 11) is 0. The molecule has 1 saturated heterocycles. The molecule has 0 aromatic rings. The van der Waals surface area contributed by atoms with E-state index in [-0.39, 0.29) is 12.1 Å². The molecule has 2 N–H and O–H groups in total. The van der Waals surface area contributed by atoms with Crippen LogP contribution in [-0.2, 0) is 0 Å². The lowest BCUT2D eigenvalue weighted by Gasteiger charge is -2.21. The predicted molar refractivity (Wildman–Crippen MR) is 60.0 cm³/mol. The third-order valence-corrected chi connectivity index (χ3v) is 2.92. The Bertz CT molecular complexity index is 232. The van der Waals surface area contributed by atoms with Crippen molar-refractivity contribution in [1.82, 2.24) is 10.2 Å². The molecule has 0 aromatic heterocycles. The first-order valence-electron chi connectivity index (χ1n) is 4.85. The number of nitrogens with one attached hydrogen (secondary N) is 2. The van der Waals surface area contributed by atoms with Crippen molar-refractivity contribution in [1.29, 1.82) is 5.41 Å². The molecular formula is C9H17N3OS. The summed E-state index contributed by atoms with van der Waals surface area (Å²) in [6.45, 7) is 2.79. The van der Waals surface area contributed by atoms with Gasteiger partial charge in [0, 0.05) is 6.54 Å². The topological polar surface area (TPSA) is 56.2 Å². The number of thioether (sulfide) groups is 1. The second kappa shape index (κ2) is 5.24. The van der Waals surface area contributed by atoms with Crippen LogP contribution < -0.4 is 5.32 Å². The van der Waals surface area contributed by atoms with Gasteiger partial charge >= 0.3 is 6.03 Å². The van der Waals surface area contributed by atoms with E-state index in [2.05, 4.69) is 5.32 Å². The molecule has 0 aromatic carbocycles. The molecule has 80 valence electrons. The first kappa shape index (κ1) is 11.4. The molecule has 14 heavy (non-hydrogen) atoms. The first-order valence-corrected chi connectivity index (χ1v) is 6.25. The molecule has 1 unspecified atom stereocenters. The lowest BCUT2D eigenvalue weighted by Crippen LogP contribution is -2.35. The van der Waals surface area contributed by atoms with E-state index in [9.17, 15) is 4.79 Å². The highest BCUT2D eigenvalue weighted by atomic mass is 32.2. The van der Waals surface area contributed by atoms with E-state index in [0.717, 1.165) is 25.1 Å². The van der Waals surface area contributed by atoms with E-state index in [4.69, 9.17) is 5.41 Å². The molecule has 5 heteroatoms. The highest BCUT2D eigenvalue weighted by Crippen LogP contribution is 2.14. The maximum atomic E-state index is 11.4. The molecule has 0 aliphatic carbocycles. The summed E-state index contributed by atoms with van der Waals surface area (Å²) in [4.78, 5) is 13.2. The number of hydrogen-bond acceptors (Lipinski definition) is 3. The minimum atomic E-state index is -0.108. The third-order valence-electron chi connectivity index (χ3n) is 2.27. The molecule has 1 rings (SSSR count). The second-order valence-corrected chi connectivity index (χ2v) is 4.32. The second-order valence-electron chi connectivity index (χ2n) is 3.33. The first-order chi connectivity index (χ1) is 6.70. The number of urea groups is 1. The Kier molecular flexibility index (Phi) is 4.25. The van der Waals surface area contributed by atoms with Gasteiger partial charge in [0.2, 0.25) is 0 Å². The maximum Gasteiger partial charge on any atom is 0.323 e. The number of nitrogens with zero attached hydrogens (tertiary/aromatic N) is 1. The minimum absolute atomic E-state index is 0.0186. The van der Waals surface area contributed by atoms with E-state index in [0.29, 0.717) is 5.84 Å². The quantitative estimate of drug-likeness (QED) is 0.730. The van der Waals surface area contributed by atoms with Gasteiger partial charge in [-0.2, -0.15) is 11.8 Å². The molecular weight excluding hydrogens is 198 g/mol. The van der Waals surface area contributed by atoms with Gasteiger partial charge in [0.1, 0.15) is 5.84 Å². The Labute approximate surface area is 88.9 Å². The fourth-order valence-corrected chi connectivity index (χ4v) is 2.05. The molecule has 0 bridgehead atoms. The van der Waals surface area contributed by atoms with Crippen LogP contribution in [0.1, 0.15) is 19.8 Å². The summed E-state index contributed by atoms with van der Waals surface area (Å²) >= 11 is 1.75. The average molecular weight is 215 g/mol. The van der Waals surface area contributed by atoms with E-state index in [1.54, 1.807) is 16.7 Å². The zero-order valence-corrected chi connectivity index (χ0v) is 9.49. The summed E-state index contributed by atoms with van der Waals surface area (Å²) in [6.07, 6.45) is 3.85. The Balaban J connectivity index is 2.58. The summed E-state index contributed by atoms with van der Waals surface area (Å²) in [5.41, 5.74) is 0. The molecule has 4 nitrogen and oxygen atoms in total. The lowest BCUT2D eigenvalue weighted by molar-refractivity contribution is 0.205. The predicted octanol–water partition coefficient (Wildman–Crippen LogP) is 1.52. The number of rotatable bonds is 5. The van der Waals surface area contributed by atoms with Crippen LogP contribution in [0.2, 0.25) is 0 Å². The van der Waals surface area contributed by atoms with Crippen molar-refractivity contribution in [3.8, 4) is 0 Å². The molecule has 2 amide bonds. The maximum absolute atomic E-state index is 11.4. The van der Waals surface area contributed by atoms with Gasteiger partial charge in [-0.1, -0.05) is 6.92 Å². The molecule has 1 atom stereocenters. The van der Waals surface area contributed by atoms with Gasteiger partial charge in [0.25, 0.3) is 0 Å². The summed E-state index contributed by atoms with van der Waals surface area (Å²) in [6, 6.07) is -0.127. The Morgan fingerprint density at radius 2 is 2.36 bits per heavy atom. The van der Waals surface area contributed by atoms with Gasteiger partial charge in [-0.3, -0.25) is 10.7 Å². The normalized spacial score (nSPS) is 21.6. The van der Waals surface area contributed by atoms with E-state index >= 15 is 0 Å². The molecule has 1 fully saturated rings. The minimum Gasteiger partial charge on any atom is -0.314 e. The zero-order valence-electron chi connectivity index (χ0n) is 8.67. The zero-order chi connectivity index (χ0) is 10.6. The van der Waals surface area contributed by atoms with Crippen molar-refractivity contribution >= 4 is 23.6 Å². The standard InChI is InChI=1S/C9H17N3OS/c1-3-5-12-7(4-6-14-2)8(10)11-9(12)13/h7H,3-6H2,1-2H3,(H2,10,11,13). The van der Waals surface area contributed by atoms with Crippen LogP contribution in [0.5, 0.6) is 0 Å². The van der Waals surface area contributed by atoms with Gasteiger partial charge in [0.15, 0.2) is 0 Å². The average Bonchev–Trinajstić information content (AvgIpc) is 2.40. The fraction of sp³-hybridized carbons (Fsp3) is 0.778. The van der Waals surface area contributed by atoms with Crippen molar-refractivity contribution in [2.45, 2.75) is 25.8 Å². The van der Waals surface area contributed by atoms with Gasteiger partial charge in [0.05, 0.1) is 6.04 Å². The fourth-order valence-electron chi connectivity index (χ4n) is 1.60. The molecule has 0 spiro atoms. The van der Waals surface area contributed by atoms with E-state index in [1.807, 2.05) is 13.2 Å². The van der Waals surface area contributed by atoms with Gasteiger partial charge in [-0.05, 0) is 24.9 Å². The van der Waals surface area contributed by atoms with Crippen molar-refractivity contribution in [2.75, 3.05) is 18.6 Å². The molecule has 1 aliphatic heterocycles. The largest absolute Gasteiger partial charge is 0.323 e. The Morgan fingerprint density at radius 1 is 1.64 bits per heavy atom. The Morgan fingerprint density at radius 3 is 2.93 bits per heavy atom. The number of carbonyl (C=O) groups excluding carboxylic acids is 1. The van der Waals surface area contributed by atoms with E-state index < -0.39 is 0 Å². The summed E-state index contributed by atoms with van der Waals surface area (Å²) in [5.74, 6) is 1.35. The summed E-state index contributed by atoms with van der Waals surface area (Å²) in [5, 5.41) is 10.2. The number of carbonyl (C=O) groups is 1. The smallest absolute Gasteiger partial charge is 0.314 e. The van der Waals surface area contributed by atoms with Crippen LogP contribution in [0.3, 0.4) is 0 Å². The van der Waals surface area contributed by atoms with E-state index in [1.165, 1.54) is 0 Å². The van der Waals surface area contributed by atoms with Crippen LogP contribution in [-0.4, -0.2) is 41.4 Å². The van der Waals surface area contributed by atoms with Gasteiger partial charge < -0.3 is 4.90 Å². The molecule has 1 heterocycles. The van der Waals surface area contributed by atoms with Crippen molar-refractivity contribution in [3.05, 3.63) is 0 Å². The van der Waals surface area contributed by atoms with Crippen LogP contribution in [0, 0.1) is 5.41 Å². The number of amidine groups is 1. The SMILES string of the molecule is CCCN1C(=O)NC(=N)C1CCSC. The number of hydrogen-bond donors (Lipinski definition) is 2. The van der Waals surface area contributed by atoms with Crippen molar-refractivity contribution in [2.24, 2.45) is 0 Å². The lowest BCUT2D eigenvalue weighted by atomic mass is 10.2. The molecule has 1 aliphatic rings. The molecule has 0 radical (unpaired) electrons. The highest BCUT2D eigenvalue weighted by molar-refractivity contribution is 7.98. The monoisotopic (exact) mass is 215 g/mol. The van der Waals surface area contributed by atoms with Crippen molar-refractivity contribution < 1.29 is 4.79 Å². The third kappa shape index (κ3) is 2.41. The molecule has 0 saturated carbocycles. The summed E-state index contributed by atoms with van der Waals surface area (Å²) < 4.78 is 0. The Hall–Kier alpha value is -0.710. The van der Waals surface area contributed by atoms with Gasteiger partial charge in [-0.15, -0.1) is 0 Å². The van der Waals surface area contributed by atoms with Gasteiger partial charge in [-0.25, -0.2) is 4.79 Å². The van der Waals surface area contributed by atoms with Crippen LogP contribution >= 0.6 is 11.8 Å². The van der Waals surface area contributed by atoms with Crippen LogP contribution in [0.25, 0.3) is 0 Å². The van der Waals surface area contributed by atoms with Crippen LogP contribution in [0.4, 0.5) is 4.79 Å². The van der Waals surface area contributed by atoms with Crippen molar-refractivity contribution in [3.63, 3.8) is 0 Å². The highest BCUT2D eigenvalue weighted by Gasteiger charge is 2.34. The number of amides is 2. The van der Waals surface area contributed by atoms with Crippen LogP contribution in [0.15, 0.2) is 0 Å².